The molecule has 1 saturated heterocycles. The van der Waals surface area contributed by atoms with Crippen LogP contribution < -0.4 is 5.32 Å². The Balaban J connectivity index is 1.31. The molecule has 0 bridgehead atoms. The number of amides is 1. The van der Waals surface area contributed by atoms with E-state index in [4.69, 9.17) is 4.52 Å². The molecule has 3 aromatic rings. The minimum Gasteiger partial charge on any atom is -0.351 e. The molecule has 6 nitrogen and oxygen atoms in total. The molecule has 2 aromatic carbocycles. The molecule has 1 N–H and O–H groups in total. The lowest BCUT2D eigenvalue weighted by Crippen LogP contribution is -2.46. The fourth-order valence-electron chi connectivity index (χ4n) is 6.14. The van der Waals surface area contributed by atoms with Crippen molar-refractivity contribution in [2.24, 2.45) is 0 Å². The number of aromatic nitrogens is 2. The third kappa shape index (κ3) is 6.30. The van der Waals surface area contributed by atoms with Crippen LogP contribution in [0.25, 0.3) is 0 Å². The first kappa shape index (κ1) is 30.0. The van der Waals surface area contributed by atoms with Gasteiger partial charge in [-0.1, -0.05) is 17.3 Å². The van der Waals surface area contributed by atoms with Crippen molar-refractivity contribution >= 4 is 5.91 Å². The summed E-state index contributed by atoms with van der Waals surface area (Å²) in [5.74, 6) is -0.222. The summed E-state index contributed by atoms with van der Waals surface area (Å²) in [5.41, 5.74) is -3.42. The molecule has 13 heteroatoms. The van der Waals surface area contributed by atoms with Crippen LogP contribution in [-0.2, 0) is 29.1 Å². The smallest absolute Gasteiger partial charge is 0.351 e. The minimum absolute atomic E-state index is 0.0193. The molecule has 1 amide bonds. The van der Waals surface area contributed by atoms with Crippen molar-refractivity contribution in [1.29, 1.82) is 0 Å². The Hall–Kier alpha value is -3.48. The number of likely N-dealkylation sites (tertiary alicyclic amines) is 1. The van der Waals surface area contributed by atoms with Gasteiger partial charge in [0, 0.05) is 19.5 Å². The number of carbonyl (C=O) groups excluding carboxylic acids is 1. The highest BCUT2D eigenvalue weighted by molar-refractivity contribution is 5.87. The van der Waals surface area contributed by atoms with E-state index in [1.807, 2.05) is 0 Å². The highest BCUT2D eigenvalue weighted by Gasteiger charge is 2.51. The molecule has 1 aromatic heterocycles. The van der Waals surface area contributed by atoms with Gasteiger partial charge in [0.15, 0.2) is 5.82 Å². The molecule has 2 aliphatic rings. The van der Waals surface area contributed by atoms with Gasteiger partial charge in [-0.3, -0.25) is 4.79 Å². The van der Waals surface area contributed by atoms with E-state index in [-0.39, 0.29) is 41.1 Å². The quantitative estimate of drug-likeness (QED) is 0.327. The number of hydrogen-bond donors (Lipinski definition) is 1. The van der Waals surface area contributed by atoms with Crippen molar-refractivity contribution in [1.82, 2.24) is 20.4 Å². The zero-order chi connectivity index (χ0) is 30.3. The first-order chi connectivity index (χ1) is 19.7. The number of rotatable bonds is 6. The molecule has 1 aliphatic heterocycles. The fraction of sp³-hybridized carbons (Fsp3) is 0.483. The summed E-state index contributed by atoms with van der Waals surface area (Å²) in [6.45, 7) is 2.52. The van der Waals surface area contributed by atoms with Gasteiger partial charge in [-0.25, -0.2) is 4.39 Å². The van der Waals surface area contributed by atoms with E-state index >= 15 is 0 Å². The number of hydrogen-bond acceptors (Lipinski definition) is 5. The van der Waals surface area contributed by atoms with Gasteiger partial charge >= 0.3 is 12.4 Å². The van der Waals surface area contributed by atoms with E-state index in [0.29, 0.717) is 31.4 Å². The molecule has 1 aliphatic carbocycles. The summed E-state index contributed by atoms with van der Waals surface area (Å²) >= 11 is 0. The molecule has 2 unspecified atom stereocenters. The Labute approximate surface area is 237 Å². The van der Waals surface area contributed by atoms with Gasteiger partial charge in [0.25, 0.3) is 0 Å². The third-order valence-corrected chi connectivity index (χ3v) is 8.37. The molecule has 0 radical (unpaired) electrons. The van der Waals surface area contributed by atoms with Crippen LogP contribution in [0.3, 0.4) is 0 Å². The van der Waals surface area contributed by atoms with E-state index < -0.39 is 41.3 Å². The predicted molar refractivity (Wildman–Crippen MR) is 137 cm³/mol. The third-order valence-electron chi connectivity index (χ3n) is 8.37. The van der Waals surface area contributed by atoms with E-state index in [1.165, 1.54) is 12.1 Å². The lowest BCUT2D eigenvalue weighted by molar-refractivity contribution is -0.143. The number of alkyl halides is 6. The van der Waals surface area contributed by atoms with Crippen LogP contribution in [0.4, 0.5) is 30.7 Å². The second-order valence-electron chi connectivity index (χ2n) is 11.1. The van der Waals surface area contributed by atoms with Gasteiger partial charge in [0.2, 0.25) is 11.8 Å². The molecule has 226 valence electrons. The van der Waals surface area contributed by atoms with Gasteiger partial charge in [-0.2, -0.15) is 31.3 Å². The Morgan fingerprint density at radius 3 is 2.17 bits per heavy atom. The maximum atomic E-state index is 13.7. The van der Waals surface area contributed by atoms with Gasteiger partial charge in [-0.15, -0.1) is 0 Å². The van der Waals surface area contributed by atoms with Gasteiger partial charge < -0.3 is 14.7 Å². The molecular weight excluding hydrogens is 569 g/mol. The lowest BCUT2D eigenvalue weighted by Gasteiger charge is -2.37. The van der Waals surface area contributed by atoms with Crippen LogP contribution >= 0.6 is 0 Å². The maximum absolute atomic E-state index is 13.7. The van der Waals surface area contributed by atoms with Crippen molar-refractivity contribution in [3.05, 3.63) is 82.3 Å². The molecule has 1 saturated carbocycles. The van der Waals surface area contributed by atoms with Crippen molar-refractivity contribution in [2.75, 3.05) is 13.1 Å². The van der Waals surface area contributed by atoms with Crippen LogP contribution in [0.5, 0.6) is 0 Å². The minimum atomic E-state index is -4.99. The van der Waals surface area contributed by atoms with Crippen LogP contribution in [0.15, 0.2) is 47.0 Å². The topological polar surface area (TPSA) is 71.3 Å². The van der Waals surface area contributed by atoms with E-state index in [1.54, 1.807) is 19.1 Å². The highest BCUT2D eigenvalue weighted by atomic mass is 19.4. The number of nitrogens with one attached hydrogen (secondary N) is 1. The first-order valence-corrected chi connectivity index (χ1v) is 13.6. The normalized spacial score (nSPS) is 22.4. The van der Waals surface area contributed by atoms with E-state index in [2.05, 4.69) is 20.4 Å². The SMILES string of the molecule is Cc1nc(C2(C(=O)NCc3cc(C(F)(F)F)cc(C(F)(F)F)c3)CCC(N3CCC(c4ccc(F)cc4)CC3)C2)no1. The largest absolute Gasteiger partial charge is 0.416 e. The lowest BCUT2D eigenvalue weighted by atomic mass is 9.83. The Kier molecular flexibility index (Phi) is 8.08. The number of carbonyl (C=O) groups is 1. The molecule has 0 spiro atoms. The Morgan fingerprint density at radius 1 is 1.00 bits per heavy atom. The van der Waals surface area contributed by atoms with E-state index in [9.17, 15) is 35.5 Å². The zero-order valence-electron chi connectivity index (χ0n) is 22.7. The average Bonchev–Trinajstić information content (AvgIpc) is 3.59. The average molecular weight is 599 g/mol. The van der Waals surface area contributed by atoms with Gasteiger partial charge in [0.1, 0.15) is 11.2 Å². The molecule has 5 rings (SSSR count). The summed E-state index contributed by atoms with van der Waals surface area (Å²) in [7, 11) is 0. The number of nitrogens with zero attached hydrogens (tertiary/aromatic N) is 3. The fourth-order valence-corrected chi connectivity index (χ4v) is 6.14. The highest BCUT2D eigenvalue weighted by Crippen LogP contribution is 2.44. The predicted octanol–water partition coefficient (Wildman–Crippen LogP) is 6.54. The van der Waals surface area contributed by atoms with Crippen molar-refractivity contribution in [3.63, 3.8) is 0 Å². The Bertz CT molecular complexity index is 1380. The summed E-state index contributed by atoms with van der Waals surface area (Å²) in [6, 6.07) is 7.71. The van der Waals surface area contributed by atoms with Gasteiger partial charge in [0.05, 0.1) is 11.1 Å². The number of piperidine rings is 1. The van der Waals surface area contributed by atoms with Crippen LogP contribution in [0, 0.1) is 12.7 Å². The summed E-state index contributed by atoms with van der Waals surface area (Å²) in [6.07, 6.45) is -7.03. The van der Waals surface area contributed by atoms with Gasteiger partial charge in [-0.05, 0) is 92.6 Å². The van der Waals surface area contributed by atoms with E-state index in [0.717, 1.165) is 31.5 Å². The van der Waals surface area contributed by atoms with Crippen molar-refractivity contribution in [3.8, 4) is 0 Å². The zero-order valence-corrected chi connectivity index (χ0v) is 22.7. The van der Waals surface area contributed by atoms with Crippen molar-refractivity contribution in [2.45, 2.75) is 75.3 Å². The molecule has 42 heavy (non-hydrogen) atoms. The second-order valence-corrected chi connectivity index (χ2v) is 11.1. The number of halogens is 7. The molecular formula is C29H29F7N4O2. The second kappa shape index (κ2) is 11.3. The van der Waals surface area contributed by atoms with Crippen molar-refractivity contribution < 1.29 is 40.1 Å². The molecule has 2 atom stereocenters. The van der Waals surface area contributed by atoms with Crippen LogP contribution in [0.1, 0.15) is 72.0 Å². The Morgan fingerprint density at radius 2 is 1.62 bits per heavy atom. The molecule has 2 heterocycles. The molecule has 2 fully saturated rings. The summed E-state index contributed by atoms with van der Waals surface area (Å²) < 4.78 is 98.4. The van der Waals surface area contributed by atoms with Crippen LogP contribution in [-0.4, -0.2) is 40.1 Å². The monoisotopic (exact) mass is 598 g/mol. The number of aryl methyl sites for hydroxylation is 1. The summed E-state index contributed by atoms with van der Waals surface area (Å²) in [4.78, 5) is 20.2. The number of benzene rings is 2. The summed E-state index contributed by atoms with van der Waals surface area (Å²) in [5, 5.41) is 6.54. The first-order valence-electron chi connectivity index (χ1n) is 13.6. The maximum Gasteiger partial charge on any atom is 0.416 e. The standard InChI is InChI=1S/C29H29F7N4O2/c1-17-38-25(39-42-17)27(26(41)37-16-18-12-21(28(31,32)33)14-22(13-18)29(34,35)36)9-6-24(15-27)40-10-7-20(8-11-40)19-2-4-23(30)5-3-19/h2-5,12-14,20,24H,6-11,15-16H2,1H3,(H,37,41). The van der Waals surface area contributed by atoms with Crippen LogP contribution in [0.2, 0.25) is 0 Å².